The van der Waals surface area contributed by atoms with E-state index in [0.717, 1.165) is 11.3 Å². The van der Waals surface area contributed by atoms with Crippen LogP contribution >= 0.6 is 0 Å². The highest BCUT2D eigenvalue weighted by atomic mass is 16.5. The minimum atomic E-state index is -0.339. The molecule has 6 heteroatoms. The van der Waals surface area contributed by atoms with Crippen LogP contribution in [-0.4, -0.2) is 36.0 Å². The molecule has 6 nitrogen and oxygen atoms in total. The summed E-state index contributed by atoms with van der Waals surface area (Å²) >= 11 is 0. The smallest absolute Gasteiger partial charge is 0.323 e. The van der Waals surface area contributed by atoms with Gasteiger partial charge in [-0.2, -0.15) is 5.10 Å². The second kappa shape index (κ2) is 6.56. The quantitative estimate of drug-likeness (QED) is 0.781. The number of carbonyl (C=O) groups excluding carboxylic acids is 1. The van der Waals surface area contributed by atoms with Gasteiger partial charge < -0.3 is 9.47 Å². The average molecular weight is 269 g/mol. The number of rotatable bonds is 6. The van der Waals surface area contributed by atoms with Crippen LogP contribution in [0.2, 0.25) is 0 Å². The van der Waals surface area contributed by atoms with Gasteiger partial charge >= 0.3 is 5.97 Å². The third-order valence-corrected chi connectivity index (χ3v) is 3.10. The van der Waals surface area contributed by atoms with Crippen molar-refractivity contribution in [2.24, 2.45) is 13.0 Å². The van der Waals surface area contributed by atoms with Crippen LogP contribution in [0.5, 0.6) is 5.88 Å². The topological polar surface area (TPSA) is 65.4 Å². The molecule has 19 heavy (non-hydrogen) atoms. The SMILES string of the molecule is COC(=O)[C@@H](NCc1c(C)nn(C)c1OC)C(C)C. The summed E-state index contributed by atoms with van der Waals surface area (Å²) in [5.41, 5.74) is 1.85. The third-order valence-electron chi connectivity index (χ3n) is 3.10. The molecule has 0 radical (unpaired) electrons. The molecule has 0 unspecified atom stereocenters. The fourth-order valence-corrected chi connectivity index (χ4v) is 2.07. The van der Waals surface area contributed by atoms with Gasteiger partial charge in [0.15, 0.2) is 0 Å². The molecule has 1 atom stereocenters. The fourth-order valence-electron chi connectivity index (χ4n) is 2.07. The Bertz CT molecular complexity index is 441. The fraction of sp³-hybridized carbons (Fsp3) is 0.692. The largest absolute Gasteiger partial charge is 0.481 e. The summed E-state index contributed by atoms with van der Waals surface area (Å²) in [6, 6.07) is -0.339. The Hall–Kier alpha value is -1.56. The predicted octanol–water partition coefficient (Wildman–Crippen LogP) is 1.02. The molecule has 0 saturated heterocycles. The van der Waals surface area contributed by atoms with Gasteiger partial charge in [0.2, 0.25) is 5.88 Å². The Kier molecular flexibility index (Phi) is 5.35. The van der Waals surface area contributed by atoms with E-state index in [1.807, 2.05) is 27.8 Å². The zero-order valence-electron chi connectivity index (χ0n) is 12.5. The molecule has 0 aliphatic carbocycles. The zero-order valence-corrected chi connectivity index (χ0v) is 12.5. The van der Waals surface area contributed by atoms with Gasteiger partial charge in [-0.3, -0.25) is 10.1 Å². The molecule has 0 aromatic carbocycles. The summed E-state index contributed by atoms with van der Waals surface area (Å²) in [6.45, 7) is 6.38. The van der Waals surface area contributed by atoms with Crippen LogP contribution in [0.1, 0.15) is 25.1 Å². The molecule has 1 rings (SSSR count). The van der Waals surface area contributed by atoms with Crippen LogP contribution in [0.3, 0.4) is 0 Å². The van der Waals surface area contributed by atoms with E-state index in [4.69, 9.17) is 9.47 Å². The van der Waals surface area contributed by atoms with E-state index in [1.54, 1.807) is 11.8 Å². The van der Waals surface area contributed by atoms with Gasteiger partial charge in [0.05, 0.1) is 25.5 Å². The van der Waals surface area contributed by atoms with E-state index in [2.05, 4.69) is 10.4 Å². The van der Waals surface area contributed by atoms with Crippen LogP contribution in [0.15, 0.2) is 0 Å². The Balaban J connectivity index is 2.82. The first-order valence-electron chi connectivity index (χ1n) is 6.30. The molecule has 1 heterocycles. The summed E-state index contributed by atoms with van der Waals surface area (Å²) in [4.78, 5) is 11.7. The highest BCUT2D eigenvalue weighted by molar-refractivity contribution is 5.75. The van der Waals surface area contributed by atoms with Gasteiger partial charge in [-0.05, 0) is 12.8 Å². The maximum absolute atomic E-state index is 11.7. The molecule has 0 fully saturated rings. The van der Waals surface area contributed by atoms with Crippen LogP contribution in [0, 0.1) is 12.8 Å². The molecule has 1 aromatic rings. The van der Waals surface area contributed by atoms with Gasteiger partial charge in [-0.15, -0.1) is 0 Å². The van der Waals surface area contributed by atoms with Crippen molar-refractivity contribution in [1.29, 1.82) is 0 Å². The first kappa shape index (κ1) is 15.5. The Morgan fingerprint density at radius 1 is 1.42 bits per heavy atom. The standard InChI is InChI=1S/C13H23N3O3/c1-8(2)11(13(17)19-6)14-7-10-9(3)15-16(4)12(10)18-5/h8,11,14H,7H2,1-6H3/t11-/m0/s1. The number of carbonyl (C=O) groups is 1. The van der Waals surface area contributed by atoms with E-state index in [-0.39, 0.29) is 17.9 Å². The van der Waals surface area contributed by atoms with Crippen molar-refractivity contribution in [3.63, 3.8) is 0 Å². The average Bonchev–Trinajstić information content (AvgIpc) is 2.62. The van der Waals surface area contributed by atoms with Crippen LogP contribution in [-0.2, 0) is 23.1 Å². The van der Waals surface area contributed by atoms with Gasteiger partial charge in [-0.25, -0.2) is 4.68 Å². The highest BCUT2D eigenvalue weighted by Gasteiger charge is 2.24. The molecule has 0 aliphatic heterocycles. The normalized spacial score (nSPS) is 12.6. The van der Waals surface area contributed by atoms with Crippen molar-refractivity contribution in [2.45, 2.75) is 33.4 Å². The summed E-state index contributed by atoms with van der Waals surface area (Å²) in [5, 5.41) is 7.51. The number of esters is 1. The molecule has 1 aromatic heterocycles. The second-order valence-electron chi connectivity index (χ2n) is 4.82. The lowest BCUT2D eigenvalue weighted by atomic mass is 10.0. The molecule has 108 valence electrons. The zero-order chi connectivity index (χ0) is 14.6. The van der Waals surface area contributed by atoms with Crippen molar-refractivity contribution in [1.82, 2.24) is 15.1 Å². The van der Waals surface area contributed by atoms with Crippen molar-refractivity contribution in [3.05, 3.63) is 11.3 Å². The summed E-state index contributed by atoms with van der Waals surface area (Å²) in [6.07, 6.45) is 0. The van der Waals surface area contributed by atoms with Crippen LogP contribution in [0.25, 0.3) is 0 Å². The van der Waals surface area contributed by atoms with Gasteiger partial charge in [0.1, 0.15) is 6.04 Å². The summed E-state index contributed by atoms with van der Waals surface area (Å²) < 4.78 is 11.8. The van der Waals surface area contributed by atoms with E-state index in [9.17, 15) is 4.79 Å². The first-order valence-corrected chi connectivity index (χ1v) is 6.30. The molecule has 0 spiro atoms. The number of ether oxygens (including phenoxy) is 2. The summed E-state index contributed by atoms with van der Waals surface area (Å²) in [5.74, 6) is 0.600. The van der Waals surface area contributed by atoms with Crippen LogP contribution < -0.4 is 10.1 Å². The lowest BCUT2D eigenvalue weighted by Crippen LogP contribution is -2.41. The maximum Gasteiger partial charge on any atom is 0.323 e. The van der Waals surface area contributed by atoms with Crippen molar-refractivity contribution >= 4 is 5.97 Å². The molecule has 1 N–H and O–H groups in total. The van der Waals surface area contributed by atoms with Gasteiger partial charge in [0.25, 0.3) is 0 Å². The van der Waals surface area contributed by atoms with E-state index in [0.29, 0.717) is 12.4 Å². The molecule has 0 bridgehead atoms. The highest BCUT2D eigenvalue weighted by Crippen LogP contribution is 2.21. The van der Waals surface area contributed by atoms with E-state index < -0.39 is 0 Å². The van der Waals surface area contributed by atoms with Gasteiger partial charge in [-0.1, -0.05) is 13.8 Å². The van der Waals surface area contributed by atoms with Crippen LogP contribution in [0.4, 0.5) is 0 Å². The molecular formula is C13H23N3O3. The minimum Gasteiger partial charge on any atom is -0.481 e. The van der Waals surface area contributed by atoms with Crippen molar-refractivity contribution in [3.8, 4) is 5.88 Å². The van der Waals surface area contributed by atoms with Crippen molar-refractivity contribution < 1.29 is 14.3 Å². The number of nitrogens with zero attached hydrogens (tertiary/aromatic N) is 2. The number of aromatic nitrogens is 2. The maximum atomic E-state index is 11.7. The molecule has 0 aliphatic rings. The lowest BCUT2D eigenvalue weighted by Gasteiger charge is -2.20. The number of nitrogens with one attached hydrogen (secondary N) is 1. The van der Waals surface area contributed by atoms with Gasteiger partial charge in [0, 0.05) is 13.6 Å². The summed E-state index contributed by atoms with van der Waals surface area (Å²) in [7, 11) is 4.84. The number of methoxy groups -OCH3 is 2. The third kappa shape index (κ3) is 3.47. The molecular weight excluding hydrogens is 246 g/mol. The Morgan fingerprint density at radius 3 is 2.53 bits per heavy atom. The molecule has 0 saturated carbocycles. The lowest BCUT2D eigenvalue weighted by molar-refractivity contribution is -0.144. The number of aryl methyl sites for hydroxylation is 2. The Morgan fingerprint density at radius 2 is 2.05 bits per heavy atom. The first-order chi connectivity index (χ1) is 8.92. The Labute approximate surface area is 114 Å². The monoisotopic (exact) mass is 269 g/mol. The predicted molar refractivity (Wildman–Crippen MR) is 72.0 cm³/mol. The second-order valence-corrected chi connectivity index (χ2v) is 4.82. The van der Waals surface area contributed by atoms with E-state index >= 15 is 0 Å². The number of hydrogen-bond donors (Lipinski definition) is 1. The van der Waals surface area contributed by atoms with Crippen molar-refractivity contribution in [2.75, 3.05) is 14.2 Å². The molecule has 0 amide bonds. The minimum absolute atomic E-state index is 0.149. The van der Waals surface area contributed by atoms with E-state index in [1.165, 1.54) is 7.11 Å². The number of hydrogen-bond acceptors (Lipinski definition) is 5.